The number of rotatable bonds is 3. The molecule has 21 heavy (non-hydrogen) atoms. The van der Waals surface area contributed by atoms with Crippen molar-refractivity contribution in [3.63, 3.8) is 0 Å². The Bertz CT molecular complexity index is 656. The summed E-state index contributed by atoms with van der Waals surface area (Å²) < 4.78 is 12.9. The molecule has 0 aliphatic carbocycles. The van der Waals surface area contributed by atoms with Crippen LogP contribution in [-0.2, 0) is 0 Å². The molecule has 1 unspecified atom stereocenters. The SMILES string of the molecule is CC(c1ccc(F)cc1)N(C)C(=O)c1cccc(N)c1O. The van der Waals surface area contributed by atoms with Crippen LogP contribution in [0.1, 0.15) is 28.9 Å². The molecule has 110 valence electrons. The molecule has 0 heterocycles. The highest BCUT2D eigenvalue weighted by Gasteiger charge is 2.22. The van der Waals surface area contributed by atoms with Crippen molar-refractivity contribution >= 4 is 11.6 Å². The van der Waals surface area contributed by atoms with Gasteiger partial charge in [-0.3, -0.25) is 4.79 Å². The maximum Gasteiger partial charge on any atom is 0.257 e. The molecule has 0 aliphatic rings. The van der Waals surface area contributed by atoms with Crippen LogP contribution >= 0.6 is 0 Å². The van der Waals surface area contributed by atoms with Gasteiger partial charge in [-0.15, -0.1) is 0 Å². The van der Waals surface area contributed by atoms with E-state index in [1.165, 1.54) is 29.2 Å². The van der Waals surface area contributed by atoms with Gasteiger partial charge in [-0.25, -0.2) is 4.39 Å². The molecular weight excluding hydrogens is 271 g/mol. The molecule has 0 saturated carbocycles. The molecule has 2 rings (SSSR count). The van der Waals surface area contributed by atoms with Crippen molar-refractivity contribution in [2.24, 2.45) is 0 Å². The van der Waals surface area contributed by atoms with E-state index in [4.69, 9.17) is 5.73 Å². The van der Waals surface area contributed by atoms with Crippen molar-refractivity contribution < 1.29 is 14.3 Å². The lowest BCUT2D eigenvalue weighted by Gasteiger charge is -2.26. The maximum atomic E-state index is 12.9. The molecule has 0 saturated heterocycles. The number of anilines is 1. The summed E-state index contributed by atoms with van der Waals surface area (Å²) in [5.41, 5.74) is 6.70. The third kappa shape index (κ3) is 2.97. The lowest BCUT2D eigenvalue weighted by atomic mass is 10.1. The maximum absolute atomic E-state index is 12.9. The van der Waals surface area contributed by atoms with Crippen LogP contribution in [0.25, 0.3) is 0 Å². The first-order chi connectivity index (χ1) is 9.91. The zero-order valence-electron chi connectivity index (χ0n) is 11.9. The Morgan fingerprint density at radius 3 is 2.48 bits per heavy atom. The van der Waals surface area contributed by atoms with E-state index >= 15 is 0 Å². The zero-order valence-corrected chi connectivity index (χ0v) is 11.9. The van der Waals surface area contributed by atoms with Gasteiger partial charge in [0.15, 0.2) is 5.75 Å². The van der Waals surface area contributed by atoms with E-state index in [1.807, 2.05) is 6.92 Å². The van der Waals surface area contributed by atoms with Crippen LogP contribution in [0.5, 0.6) is 5.75 Å². The van der Waals surface area contributed by atoms with E-state index in [0.717, 1.165) is 5.56 Å². The van der Waals surface area contributed by atoms with Crippen molar-refractivity contribution in [1.82, 2.24) is 4.90 Å². The number of aromatic hydroxyl groups is 1. The highest BCUT2D eigenvalue weighted by atomic mass is 19.1. The van der Waals surface area contributed by atoms with Gasteiger partial charge < -0.3 is 15.7 Å². The normalized spacial score (nSPS) is 12.0. The summed E-state index contributed by atoms with van der Waals surface area (Å²) >= 11 is 0. The summed E-state index contributed by atoms with van der Waals surface area (Å²) in [6.45, 7) is 1.83. The number of amides is 1. The van der Waals surface area contributed by atoms with Crippen LogP contribution in [0, 0.1) is 5.82 Å². The summed E-state index contributed by atoms with van der Waals surface area (Å²) in [6.07, 6.45) is 0. The van der Waals surface area contributed by atoms with E-state index in [1.54, 1.807) is 25.2 Å². The number of nitrogen functional groups attached to an aromatic ring is 1. The zero-order chi connectivity index (χ0) is 15.6. The molecule has 1 atom stereocenters. The first-order valence-corrected chi connectivity index (χ1v) is 6.52. The minimum absolute atomic E-state index is 0.145. The van der Waals surface area contributed by atoms with Gasteiger partial charge in [0, 0.05) is 7.05 Å². The van der Waals surface area contributed by atoms with Crippen LogP contribution in [0.2, 0.25) is 0 Å². The minimum Gasteiger partial charge on any atom is -0.505 e. The van der Waals surface area contributed by atoms with E-state index in [-0.39, 0.29) is 34.8 Å². The number of nitrogens with two attached hydrogens (primary N) is 1. The number of benzene rings is 2. The molecule has 0 aliphatic heterocycles. The summed E-state index contributed by atoms with van der Waals surface area (Å²) in [7, 11) is 1.62. The first kappa shape index (κ1) is 14.8. The number of carbonyl (C=O) groups excluding carboxylic acids is 1. The highest BCUT2D eigenvalue weighted by Crippen LogP contribution is 2.28. The van der Waals surface area contributed by atoms with Crippen molar-refractivity contribution in [1.29, 1.82) is 0 Å². The Morgan fingerprint density at radius 2 is 1.86 bits per heavy atom. The Kier molecular flexibility index (Phi) is 4.12. The molecule has 3 N–H and O–H groups in total. The quantitative estimate of drug-likeness (QED) is 0.674. The molecule has 1 amide bonds. The number of nitrogens with zero attached hydrogens (tertiary/aromatic N) is 1. The molecule has 5 heteroatoms. The van der Waals surface area contributed by atoms with Crippen LogP contribution in [-0.4, -0.2) is 23.0 Å². The second-order valence-electron chi connectivity index (χ2n) is 4.89. The van der Waals surface area contributed by atoms with Gasteiger partial charge in [-0.1, -0.05) is 18.2 Å². The number of phenols is 1. The Balaban J connectivity index is 2.26. The van der Waals surface area contributed by atoms with E-state index in [9.17, 15) is 14.3 Å². The summed E-state index contributed by atoms with van der Waals surface area (Å²) in [4.78, 5) is 13.9. The lowest BCUT2D eigenvalue weighted by Crippen LogP contribution is -2.29. The molecule has 0 bridgehead atoms. The van der Waals surface area contributed by atoms with Gasteiger partial charge in [-0.2, -0.15) is 0 Å². The average Bonchev–Trinajstić information content (AvgIpc) is 2.48. The lowest BCUT2D eigenvalue weighted by molar-refractivity contribution is 0.0739. The topological polar surface area (TPSA) is 66.6 Å². The van der Waals surface area contributed by atoms with Crippen LogP contribution in [0.3, 0.4) is 0 Å². The molecule has 2 aromatic rings. The van der Waals surface area contributed by atoms with Crippen LogP contribution < -0.4 is 5.73 Å². The van der Waals surface area contributed by atoms with Gasteiger partial charge in [0.1, 0.15) is 5.82 Å². The molecule has 0 aromatic heterocycles. The number of hydrogen-bond donors (Lipinski definition) is 2. The number of carbonyl (C=O) groups is 1. The second kappa shape index (κ2) is 5.83. The van der Waals surface area contributed by atoms with E-state index < -0.39 is 0 Å². The second-order valence-corrected chi connectivity index (χ2v) is 4.89. The van der Waals surface area contributed by atoms with Gasteiger partial charge in [-0.05, 0) is 36.8 Å². The van der Waals surface area contributed by atoms with Crippen molar-refractivity contribution in [3.05, 3.63) is 59.4 Å². The average molecular weight is 288 g/mol. The highest BCUT2D eigenvalue weighted by molar-refractivity contribution is 5.98. The van der Waals surface area contributed by atoms with Gasteiger partial charge in [0.05, 0.1) is 17.3 Å². The predicted molar refractivity (Wildman–Crippen MR) is 79.4 cm³/mol. The fraction of sp³-hybridized carbons (Fsp3) is 0.188. The number of hydrogen-bond acceptors (Lipinski definition) is 3. The standard InChI is InChI=1S/C16H17FN2O2/c1-10(11-6-8-12(17)9-7-11)19(2)16(21)13-4-3-5-14(18)15(13)20/h3-10,20H,18H2,1-2H3. The fourth-order valence-corrected chi connectivity index (χ4v) is 2.06. The fourth-order valence-electron chi connectivity index (χ4n) is 2.06. The third-order valence-corrected chi connectivity index (χ3v) is 3.55. The van der Waals surface area contributed by atoms with Crippen molar-refractivity contribution in [2.75, 3.05) is 12.8 Å². The smallest absolute Gasteiger partial charge is 0.257 e. The third-order valence-electron chi connectivity index (χ3n) is 3.55. The monoisotopic (exact) mass is 288 g/mol. The van der Waals surface area contributed by atoms with Crippen LogP contribution in [0.4, 0.5) is 10.1 Å². The van der Waals surface area contributed by atoms with Gasteiger partial charge >= 0.3 is 0 Å². The van der Waals surface area contributed by atoms with E-state index in [2.05, 4.69) is 0 Å². The van der Waals surface area contributed by atoms with E-state index in [0.29, 0.717) is 0 Å². The largest absolute Gasteiger partial charge is 0.505 e. The molecule has 0 fully saturated rings. The van der Waals surface area contributed by atoms with Gasteiger partial charge in [0.2, 0.25) is 0 Å². The Labute approximate surface area is 122 Å². The van der Waals surface area contributed by atoms with Crippen molar-refractivity contribution in [3.8, 4) is 5.75 Å². The van der Waals surface area contributed by atoms with Crippen molar-refractivity contribution in [2.45, 2.75) is 13.0 Å². The molecule has 0 radical (unpaired) electrons. The number of halogens is 1. The minimum atomic E-state index is -0.350. The molecule has 4 nitrogen and oxygen atoms in total. The molecule has 0 spiro atoms. The molecule has 2 aromatic carbocycles. The van der Waals surface area contributed by atoms with Crippen LogP contribution in [0.15, 0.2) is 42.5 Å². The Hall–Kier alpha value is -2.56. The first-order valence-electron chi connectivity index (χ1n) is 6.52. The number of para-hydroxylation sites is 1. The Morgan fingerprint density at radius 1 is 1.24 bits per heavy atom. The summed E-state index contributed by atoms with van der Waals surface area (Å²) in [6, 6.07) is 10.3. The summed E-state index contributed by atoms with van der Waals surface area (Å²) in [5.74, 6) is -0.898. The van der Waals surface area contributed by atoms with Gasteiger partial charge in [0.25, 0.3) is 5.91 Å². The number of phenolic OH excluding ortho intramolecular Hbond substituents is 1. The summed E-state index contributed by atoms with van der Waals surface area (Å²) in [5, 5.41) is 9.88. The predicted octanol–water partition coefficient (Wildman–Crippen LogP) is 2.95. The molecular formula is C16H17FN2O2.